The van der Waals surface area contributed by atoms with Crippen molar-refractivity contribution in [3.05, 3.63) is 34.1 Å². The van der Waals surface area contributed by atoms with E-state index >= 15 is 0 Å². The minimum atomic E-state index is -0.169. The second-order valence-corrected chi connectivity index (χ2v) is 5.90. The fourth-order valence-electron chi connectivity index (χ4n) is 2.91. The Balaban J connectivity index is 1.97. The molecule has 1 heterocycles. The summed E-state index contributed by atoms with van der Waals surface area (Å²) in [5.74, 6) is -0.169. The Bertz CT molecular complexity index is 421. The lowest BCUT2D eigenvalue weighted by atomic mass is 10.2. The zero-order chi connectivity index (χ0) is 13.8. The number of nitrogens with zero attached hydrogens (tertiary/aromatic N) is 2. The molecule has 0 spiro atoms. The molecule has 0 aliphatic carbocycles. The molecule has 1 aliphatic rings. The zero-order valence-electron chi connectivity index (χ0n) is 11.7. The molecule has 1 aliphatic heterocycles. The first-order chi connectivity index (χ1) is 9.15. The van der Waals surface area contributed by atoms with E-state index in [4.69, 9.17) is 0 Å². The van der Waals surface area contributed by atoms with E-state index in [1.807, 2.05) is 6.07 Å². The van der Waals surface area contributed by atoms with Crippen LogP contribution in [-0.4, -0.2) is 42.0 Å². The first kappa shape index (κ1) is 14.9. The van der Waals surface area contributed by atoms with Gasteiger partial charge in [-0.1, -0.05) is 26.0 Å². The van der Waals surface area contributed by atoms with Gasteiger partial charge in [0.1, 0.15) is 5.82 Å². The minimum Gasteiger partial charge on any atom is -0.300 e. The Morgan fingerprint density at radius 2 is 2.11 bits per heavy atom. The highest BCUT2D eigenvalue weighted by atomic mass is 79.9. The summed E-state index contributed by atoms with van der Waals surface area (Å²) in [6.07, 6.45) is 1.22. The van der Waals surface area contributed by atoms with E-state index in [-0.39, 0.29) is 5.82 Å². The van der Waals surface area contributed by atoms with E-state index in [9.17, 15) is 4.39 Å². The van der Waals surface area contributed by atoms with Gasteiger partial charge in [-0.15, -0.1) is 0 Å². The summed E-state index contributed by atoms with van der Waals surface area (Å²) in [7, 11) is 0. The maximum atomic E-state index is 13.5. The van der Waals surface area contributed by atoms with Gasteiger partial charge in [0.15, 0.2) is 0 Å². The smallest absolute Gasteiger partial charge is 0.137 e. The van der Waals surface area contributed by atoms with Gasteiger partial charge in [0.05, 0.1) is 4.47 Å². The number of likely N-dealkylation sites (tertiary alicyclic amines) is 1. The van der Waals surface area contributed by atoms with Crippen molar-refractivity contribution in [1.82, 2.24) is 9.80 Å². The average Bonchev–Trinajstić information content (AvgIpc) is 2.85. The van der Waals surface area contributed by atoms with Gasteiger partial charge >= 0.3 is 0 Å². The van der Waals surface area contributed by atoms with Crippen molar-refractivity contribution < 1.29 is 4.39 Å². The Morgan fingerprint density at radius 3 is 2.79 bits per heavy atom. The number of benzene rings is 1. The van der Waals surface area contributed by atoms with Crippen LogP contribution in [0.4, 0.5) is 4.39 Å². The normalized spacial score (nSPS) is 20.4. The topological polar surface area (TPSA) is 6.48 Å². The molecule has 1 unspecified atom stereocenters. The third-order valence-electron chi connectivity index (χ3n) is 4.00. The predicted octanol–water partition coefficient (Wildman–Crippen LogP) is 3.50. The molecule has 19 heavy (non-hydrogen) atoms. The van der Waals surface area contributed by atoms with Gasteiger partial charge in [-0.25, -0.2) is 4.39 Å². The quantitative estimate of drug-likeness (QED) is 0.816. The van der Waals surface area contributed by atoms with Gasteiger partial charge in [0.2, 0.25) is 0 Å². The molecule has 0 aromatic heterocycles. The molecule has 2 rings (SSSR count). The standard InChI is InChI=1S/C15H22BrFN2/c1-3-19(4-2)13-8-9-18(11-13)10-12-6-5-7-14(17)15(12)16/h5-7,13H,3-4,8-11H2,1-2H3. The summed E-state index contributed by atoms with van der Waals surface area (Å²) < 4.78 is 14.1. The van der Waals surface area contributed by atoms with Crippen molar-refractivity contribution >= 4 is 15.9 Å². The van der Waals surface area contributed by atoms with Crippen LogP contribution < -0.4 is 0 Å². The van der Waals surface area contributed by atoms with Crippen molar-refractivity contribution in [2.75, 3.05) is 26.2 Å². The molecule has 4 heteroatoms. The van der Waals surface area contributed by atoms with Gasteiger partial charge in [-0.05, 0) is 47.1 Å². The fourth-order valence-corrected chi connectivity index (χ4v) is 3.30. The van der Waals surface area contributed by atoms with E-state index in [1.54, 1.807) is 6.07 Å². The Hall–Kier alpha value is -0.450. The van der Waals surface area contributed by atoms with E-state index in [2.05, 4.69) is 39.6 Å². The van der Waals surface area contributed by atoms with Crippen LogP contribution in [0.15, 0.2) is 22.7 Å². The molecule has 1 aromatic carbocycles. The Kier molecular flexibility index (Phi) is 5.37. The minimum absolute atomic E-state index is 0.169. The molecule has 1 aromatic rings. The molecule has 0 radical (unpaired) electrons. The summed E-state index contributed by atoms with van der Waals surface area (Å²) in [4.78, 5) is 4.93. The maximum Gasteiger partial charge on any atom is 0.137 e. The summed E-state index contributed by atoms with van der Waals surface area (Å²) in [6, 6.07) is 5.93. The molecule has 0 N–H and O–H groups in total. The second-order valence-electron chi connectivity index (χ2n) is 5.11. The van der Waals surface area contributed by atoms with Crippen LogP contribution in [0.25, 0.3) is 0 Å². The van der Waals surface area contributed by atoms with E-state index in [0.717, 1.165) is 38.3 Å². The summed E-state index contributed by atoms with van der Waals surface area (Å²) in [6.45, 7) is 9.67. The molecule has 1 saturated heterocycles. The Morgan fingerprint density at radius 1 is 1.37 bits per heavy atom. The highest BCUT2D eigenvalue weighted by Crippen LogP contribution is 2.24. The molecule has 1 fully saturated rings. The van der Waals surface area contributed by atoms with Crippen LogP contribution in [0.2, 0.25) is 0 Å². The van der Waals surface area contributed by atoms with Gasteiger partial charge in [-0.3, -0.25) is 9.80 Å². The predicted molar refractivity (Wildman–Crippen MR) is 80.7 cm³/mol. The van der Waals surface area contributed by atoms with Crippen molar-refractivity contribution in [2.24, 2.45) is 0 Å². The third-order valence-corrected chi connectivity index (χ3v) is 4.89. The maximum absolute atomic E-state index is 13.5. The highest BCUT2D eigenvalue weighted by molar-refractivity contribution is 9.10. The summed E-state index contributed by atoms with van der Waals surface area (Å²) >= 11 is 3.35. The van der Waals surface area contributed by atoms with Crippen LogP contribution >= 0.6 is 15.9 Å². The van der Waals surface area contributed by atoms with Crippen LogP contribution in [0, 0.1) is 5.82 Å². The fraction of sp³-hybridized carbons (Fsp3) is 0.600. The summed E-state index contributed by atoms with van der Waals surface area (Å²) in [5.41, 5.74) is 1.04. The second kappa shape index (κ2) is 6.82. The first-order valence-corrected chi connectivity index (χ1v) is 7.84. The van der Waals surface area contributed by atoms with Gasteiger partial charge in [-0.2, -0.15) is 0 Å². The SMILES string of the molecule is CCN(CC)C1CCN(Cc2cccc(F)c2Br)C1. The van der Waals surface area contributed by atoms with Crippen molar-refractivity contribution in [3.63, 3.8) is 0 Å². The van der Waals surface area contributed by atoms with Crippen LogP contribution in [0.5, 0.6) is 0 Å². The molecule has 0 saturated carbocycles. The van der Waals surface area contributed by atoms with Crippen molar-refractivity contribution in [3.8, 4) is 0 Å². The molecule has 0 bridgehead atoms. The molecular weight excluding hydrogens is 307 g/mol. The number of hydrogen-bond acceptors (Lipinski definition) is 2. The lowest BCUT2D eigenvalue weighted by Crippen LogP contribution is -2.37. The number of likely N-dealkylation sites (N-methyl/N-ethyl adjacent to an activating group) is 1. The van der Waals surface area contributed by atoms with Crippen molar-refractivity contribution in [1.29, 1.82) is 0 Å². The molecule has 0 amide bonds. The van der Waals surface area contributed by atoms with Crippen LogP contribution in [-0.2, 0) is 6.54 Å². The first-order valence-electron chi connectivity index (χ1n) is 7.05. The van der Waals surface area contributed by atoms with Crippen LogP contribution in [0.1, 0.15) is 25.8 Å². The van der Waals surface area contributed by atoms with E-state index < -0.39 is 0 Å². The molecule has 1 atom stereocenters. The number of halogens is 2. The molecule has 2 nitrogen and oxygen atoms in total. The zero-order valence-corrected chi connectivity index (χ0v) is 13.3. The monoisotopic (exact) mass is 328 g/mol. The van der Waals surface area contributed by atoms with Crippen LogP contribution in [0.3, 0.4) is 0 Å². The molecule has 106 valence electrons. The lowest BCUT2D eigenvalue weighted by molar-refractivity contribution is 0.209. The van der Waals surface area contributed by atoms with E-state index in [1.165, 1.54) is 12.5 Å². The van der Waals surface area contributed by atoms with E-state index in [0.29, 0.717) is 10.5 Å². The van der Waals surface area contributed by atoms with Gasteiger partial charge in [0.25, 0.3) is 0 Å². The Labute approximate surface area is 123 Å². The molecular formula is C15H22BrFN2. The number of rotatable bonds is 5. The largest absolute Gasteiger partial charge is 0.300 e. The lowest BCUT2D eigenvalue weighted by Gasteiger charge is -2.26. The number of hydrogen-bond donors (Lipinski definition) is 0. The highest BCUT2D eigenvalue weighted by Gasteiger charge is 2.26. The van der Waals surface area contributed by atoms with Crippen molar-refractivity contribution in [2.45, 2.75) is 32.9 Å². The third kappa shape index (κ3) is 3.56. The van der Waals surface area contributed by atoms with Gasteiger partial charge in [0, 0.05) is 25.7 Å². The average molecular weight is 329 g/mol. The summed E-state index contributed by atoms with van der Waals surface area (Å²) in [5, 5.41) is 0. The van der Waals surface area contributed by atoms with Gasteiger partial charge < -0.3 is 0 Å².